The summed E-state index contributed by atoms with van der Waals surface area (Å²) in [5.41, 5.74) is 3.47. The number of nitrogens with one attached hydrogen (secondary N) is 3. The Morgan fingerprint density at radius 3 is 2.71 bits per heavy atom. The van der Waals surface area contributed by atoms with Gasteiger partial charge in [-0.05, 0) is 38.0 Å². The van der Waals surface area contributed by atoms with Crippen molar-refractivity contribution >= 4 is 41.0 Å². The number of likely N-dealkylation sites (tertiary alicyclic amines) is 1. The predicted octanol–water partition coefficient (Wildman–Crippen LogP) is 3.94. The number of benzene rings is 2. The van der Waals surface area contributed by atoms with Gasteiger partial charge in [-0.2, -0.15) is 0 Å². The first-order chi connectivity index (χ1) is 14.7. The Morgan fingerprint density at radius 1 is 1.16 bits per heavy atom. The zero-order valence-corrected chi connectivity index (χ0v) is 20.7. The molecule has 7 heteroatoms. The predicted molar refractivity (Wildman–Crippen MR) is 139 cm³/mol. The summed E-state index contributed by atoms with van der Waals surface area (Å²) in [6.07, 6.45) is 1.92. The maximum Gasteiger partial charge on any atom is 0.191 e. The van der Waals surface area contributed by atoms with E-state index in [-0.39, 0.29) is 24.0 Å². The van der Waals surface area contributed by atoms with E-state index in [1.807, 2.05) is 18.2 Å². The van der Waals surface area contributed by atoms with E-state index in [1.165, 1.54) is 5.56 Å². The third-order valence-electron chi connectivity index (χ3n) is 5.67. The summed E-state index contributed by atoms with van der Waals surface area (Å²) in [6, 6.07) is 19.8. The number of imidazole rings is 1. The Hall–Kier alpha value is -2.13. The molecule has 2 unspecified atom stereocenters. The highest BCUT2D eigenvalue weighted by molar-refractivity contribution is 14.0. The first-order valence-electron chi connectivity index (χ1n) is 11.0. The van der Waals surface area contributed by atoms with Crippen LogP contribution in [0.4, 0.5) is 0 Å². The van der Waals surface area contributed by atoms with E-state index < -0.39 is 0 Å². The Morgan fingerprint density at radius 2 is 1.94 bits per heavy atom. The number of hydrogen-bond acceptors (Lipinski definition) is 3. The van der Waals surface area contributed by atoms with Crippen LogP contribution < -0.4 is 10.6 Å². The molecule has 0 radical (unpaired) electrons. The molecule has 0 amide bonds. The zero-order chi connectivity index (χ0) is 20.8. The molecule has 166 valence electrons. The molecule has 1 aromatic heterocycles. The molecule has 31 heavy (non-hydrogen) atoms. The van der Waals surface area contributed by atoms with Crippen molar-refractivity contribution in [3.8, 4) is 0 Å². The average molecular weight is 532 g/mol. The summed E-state index contributed by atoms with van der Waals surface area (Å²) in [5, 5.41) is 7.03. The van der Waals surface area contributed by atoms with Gasteiger partial charge in [0.25, 0.3) is 0 Å². The Kier molecular flexibility index (Phi) is 8.71. The SMILES string of the molecule is CCNC(=NCCc1nc2ccccc2[nH]1)NC1CC(C)N(Cc2ccccc2)C1.I. The van der Waals surface area contributed by atoms with Gasteiger partial charge in [-0.25, -0.2) is 4.98 Å². The lowest BCUT2D eigenvalue weighted by molar-refractivity contribution is 0.258. The average Bonchev–Trinajstić information content (AvgIpc) is 3.31. The number of guanidine groups is 1. The topological polar surface area (TPSA) is 68.3 Å². The molecule has 1 saturated heterocycles. The quantitative estimate of drug-likeness (QED) is 0.245. The minimum absolute atomic E-state index is 0. The van der Waals surface area contributed by atoms with Crippen molar-refractivity contribution < 1.29 is 0 Å². The fourth-order valence-corrected chi connectivity index (χ4v) is 4.15. The van der Waals surface area contributed by atoms with Gasteiger partial charge in [-0.15, -0.1) is 24.0 Å². The lowest BCUT2D eigenvalue weighted by Crippen LogP contribution is -2.44. The summed E-state index contributed by atoms with van der Waals surface area (Å²) < 4.78 is 0. The van der Waals surface area contributed by atoms with Gasteiger partial charge in [0.2, 0.25) is 0 Å². The largest absolute Gasteiger partial charge is 0.357 e. The molecule has 1 aliphatic heterocycles. The molecule has 3 N–H and O–H groups in total. The number of rotatable bonds is 7. The van der Waals surface area contributed by atoms with Crippen LogP contribution >= 0.6 is 24.0 Å². The second-order valence-corrected chi connectivity index (χ2v) is 8.05. The molecule has 1 fully saturated rings. The molecule has 6 nitrogen and oxygen atoms in total. The maximum absolute atomic E-state index is 4.79. The number of aromatic amines is 1. The first-order valence-corrected chi connectivity index (χ1v) is 11.0. The minimum Gasteiger partial charge on any atom is -0.357 e. The van der Waals surface area contributed by atoms with Crippen molar-refractivity contribution in [3.05, 3.63) is 66.0 Å². The lowest BCUT2D eigenvalue weighted by Gasteiger charge is -2.21. The highest BCUT2D eigenvalue weighted by atomic mass is 127. The van der Waals surface area contributed by atoms with E-state index in [0.29, 0.717) is 18.6 Å². The lowest BCUT2D eigenvalue weighted by atomic mass is 10.2. The van der Waals surface area contributed by atoms with Crippen LogP contribution in [-0.4, -0.2) is 52.5 Å². The number of fused-ring (bicyclic) bond motifs is 1. The molecular formula is C24H33IN6. The summed E-state index contributed by atoms with van der Waals surface area (Å²) in [7, 11) is 0. The van der Waals surface area contributed by atoms with Crippen LogP contribution in [0.2, 0.25) is 0 Å². The van der Waals surface area contributed by atoms with Crippen LogP contribution in [0.15, 0.2) is 59.6 Å². The van der Waals surface area contributed by atoms with Gasteiger partial charge >= 0.3 is 0 Å². The Bertz CT molecular complexity index is 937. The van der Waals surface area contributed by atoms with Crippen LogP contribution in [-0.2, 0) is 13.0 Å². The van der Waals surface area contributed by atoms with E-state index in [1.54, 1.807) is 0 Å². The van der Waals surface area contributed by atoms with E-state index in [2.05, 4.69) is 75.7 Å². The minimum atomic E-state index is 0. The van der Waals surface area contributed by atoms with Crippen molar-refractivity contribution in [2.24, 2.45) is 4.99 Å². The second kappa shape index (κ2) is 11.5. The van der Waals surface area contributed by atoms with Gasteiger partial charge in [-0.3, -0.25) is 9.89 Å². The third-order valence-corrected chi connectivity index (χ3v) is 5.67. The Balaban J connectivity index is 0.00000272. The second-order valence-electron chi connectivity index (χ2n) is 8.05. The molecule has 0 bridgehead atoms. The highest BCUT2D eigenvalue weighted by Crippen LogP contribution is 2.20. The van der Waals surface area contributed by atoms with Crippen LogP contribution in [0.5, 0.6) is 0 Å². The van der Waals surface area contributed by atoms with Gasteiger partial charge in [0.05, 0.1) is 11.0 Å². The number of para-hydroxylation sites is 2. The number of halogens is 1. The molecule has 3 aromatic rings. The van der Waals surface area contributed by atoms with Gasteiger partial charge in [0.15, 0.2) is 5.96 Å². The fraction of sp³-hybridized carbons (Fsp3) is 0.417. The normalized spacial score (nSPS) is 19.4. The van der Waals surface area contributed by atoms with Gasteiger partial charge < -0.3 is 15.6 Å². The van der Waals surface area contributed by atoms with Crippen LogP contribution in [0, 0.1) is 0 Å². The van der Waals surface area contributed by atoms with E-state index in [4.69, 9.17) is 4.99 Å². The summed E-state index contributed by atoms with van der Waals surface area (Å²) in [6.45, 7) is 8.01. The van der Waals surface area contributed by atoms with Crippen LogP contribution in [0.25, 0.3) is 11.0 Å². The van der Waals surface area contributed by atoms with Crippen molar-refractivity contribution in [1.29, 1.82) is 0 Å². The first kappa shape index (κ1) is 23.5. The smallest absolute Gasteiger partial charge is 0.191 e. The number of aromatic nitrogens is 2. The molecule has 2 atom stereocenters. The van der Waals surface area contributed by atoms with Crippen LogP contribution in [0.1, 0.15) is 31.7 Å². The molecule has 1 aliphatic rings. The summed E-state index contributed by atoms with van der Waals surface area (Å²) in [4.78, 5) is 15.4. The molecule has 0 spiro atoms. The van der Waals surface area contributed by atoms with E-state index >= 15 is 0 Å². The van der Waals surface area contributed by atoms with Gasteiger partial charge in [0, 0.05) is 44.7 Å². The van der Waals surface area contributed by atoms with Gasteiger partial charge in [0.1, 0.15) is 5.82 Å². The van der Waals surface area contributed by atoms with Crippen molar-refractivity contribution in [2.75, 3.05) is 19.6 Å². The molecule has 0 saturated carbocycles. The molecule has 2 heterocycles. The number of hydrogen-bond donors (Lipinski definition) is 3. The fourth-order valence-electron chi connectivity index (χ4n) is 4.15. The summed E-state index contributed by atoms with van der Waals surface area (Å²) >= 11 is 0. The van der Waals surface area contributed by atoms with Crippen molar-refractivity contribution in [1.82, 2.24) is 25.5 Å². The van der Waals surface area contributed by atoms with E-state index in [0.717, 1.165) is 55.3 Å². The highest BCUT2D eigenvalue weighted by Gasteiger charge is 2.29. The number of nitrogens with zero attached hydrogens (tertiary/aromatic N) is 3. The molecule has 4 rings (SSSR count). The molecule has 2 aromatic carbocycles. The monoisotopic (exact) mass is 532 g/mol. The Labute approximate surface area is 202 Å². The maximum atomic E-state index is 4.79. The van der Waals surface area contributed by atoms with Crippen molar-refractivity contribution in [3.63, 3.8) is 0 Å². The standard InChI is InChI=1S/C24H32N6.HI/c1-3-25-24(26-14-13-23-28-21-11-7-8-12-22(21)29-23)27-20-15-18(2)30(17-20)16-19-9-5-4-6-10-19;/h4-12,18,20H,3,13-17H2,1-2H3,(H,28,29)(H2,25,26,27);1H. The number of H-pyrrole nitrogens is 1. The van der Waals surface area contributed by atoms with Crippen LogP contribution in [0.3, 0.4) is 0 Å². The summed E-state index contributed by atoms with van der Waals surface area (Å²) in [5.74, 6) is 1.88. The van der Waals surface area contributed by atoms with E-state index in [9.17, 15) is 0 Å². The molecule has 0 aliphatic carbocycles. The molecular weight excluding hydrogens is 499 g/mol. The third kappa shape index (κ3) is 6.43. The number of aliphatic imine (C=N–C) groups is 1. The zero-order valence-electron chi connectivity index (χ0n) is 18.3. The van der Waals surface area contributed by atoms with Crippen molar-refractivity contribution in [2.45, 2.75) is 45.3 Å². The van der Waals surface area contributed by atoms with Gasteiger partial charge in [-0.1, -0.05) is 42.5 Å².